The molecule has 0 atom stereocenters. The normalized spacial score (nSPS) is 10.5. The van der Waals surface area contributed by atoms with E-state index in [4.69, 9.17) is 11.6 Å². The second kappa shape index (κ2) is 10.3. The van der Waals surface area contributed by atoms with Crippen LogP contribution >= 0.6 is 23.4 Å². The number of nitrogens with zero attached hydrogens (tertiary/aromatic N) is 1. The highest BCUT2D eigenvalue weighted by atomic mass is 35.5. The molecule has 0 saturated heterocycles. The maximum absolute atomic E-state index is 12.6. The van der Waals surface area contributed by atoms with Crippen LogP contribution in [0.2, 0.25) is 5.02 Å². The van der Waals surface area contributed by atoms with Gasteiger partial charge in [0.2, 0.25) is 5.91 Å². The Balaban J connectivity index is 1.58. The van der Waals surface area contributed by atoms with Crippen LogP contribution in [0.4, 0.5) is 5.69 Å². The molecule has 0 spiro atoms. The zero-order valence-electron chi connectivity index (χ0n) is 16.9. The van der Waals surface area contributed by atoms with Gasteiger partial charge in [0.25, 0.3) is 5.91 Å². The molecule has 0 aromatic heterocycles. The van der Waals surface area contributed by atoms with Crippen LogP contribution < -0.4 is 5.32 Å². The van der Waals surface area contributed by atoms with Crippen LogP contribution in [0.3, 0.4) is 0 Å². The molecule has 154 valence electrons. The number of nitrogens with one attached hydrogen (secondary N) is 1. The van der Waals surface area contributed by atoms with Gasteiger partial charge in [0, 0.05) is 47.4 Å². The van der Waals surface area contributed by atoms with Gasteiger partial charge in [0.05, 0.1) is 0 Å². The average Bonchev–Trinajstić information content (AvgIpc) is 2.74. The Kier molecular flexibility index (Phi) is 7.55. The molecule has 3 aromatic carbocycles. The van der Waals surface area contributed by atoms with Crippen molar-refractivity contribution in [3.8, 4) is 0 Å². The van der Waals surface area contributed by atoms with Crippen molar-refractivity contribution < 1.29 is 9.59 Å². The van der Waals surface area contributed by atoms with Gasteiger partial charge in [-0.2, -0.15) is 0 Å². The van der Waals surface area contributed by atoms with Gasteiger partial charge in [-0.1, -0.05) is 35.9 Å². The van der Waals surface area contributed by atoms with Crippen LogP contribution in [0.1, 0.15) is 28.4 Å². The topological polar surface area (TPSA) is 49.4 Å². The van der Waals surface area contributed by atoms with Crippen LogP contribution in [-0.4, -0.2) is 23.8 Å². The molecule has 0 fully saturated rings. The lowest BCUT2D eigenvalue weighted by Gasteiger charge is -2.15. The van der Waals surface area contributed by atoms with E-state index < -0.39 is 0 Å². The van der Waals surface area contributed by atoms with Crippen LogP contribution in [0.5, 0.6) is 0 Å². The van der Waals surface area contributed by atoms with E-state index in [9.17, 15) is 9.59 Å². The monoisotopic (exact) mass is 438 g/mol. The number of rotatable bonds is 7. The van der Waals surface area contributed by atoms with E-state index in [1.165, 1.54) is 6.92 Å². The lowest BCUT2D eigenvalue weighted by molar-refractivity contribution is -0.128. The fourth-order valence-corrected chi connectivity index (χ4v) is 3.77. The highest BCUT2D eigenvalue weighted by Gasteiger charge is 2.08. The minimum absolute atomic E-state index is 0.00115. The molecule has 0 aliphatic rings. The summed E-state index contributed by atoms with van der Waals surface area (Å²) in [6.45, 7) is 2.03. The largest absolute Gasteiger partial charge is 0.342 e. The summed E-state index contributed by atoms with van der Waals surface area (Å²) in [5.41, 5.74) is 3.40. The summed E-state index contributed by atoms with van der Waals surface area (Å²) in [5, 5.41) is 3.65. The van der Waals surface area contributed by atoms with Crippen molar-refractivity contribution in [2.75, 3.05) is 12.4 Å². The van der Waals surface area contributed by atoms with Gasteiger partial charge in [-0.3, -0.25) is 9.59 Å². The van der Waals surface area contributed by atoms with Gasteiger partial charge in [0.15, 0.2) is 0 Å². The lowest BCUT2D eigenvalue weighted by atomic mass is 10.1. The molecule has 0 bridgehead atoms. The Morgan fingerprint density at radius 3 is 2.33 bits per heavy atom. The van der Waals surface area contributed by atoms with Crippen molar-refractivity contribution in [3.63, 3.8) is 0 Å². The van der Waals surface area contributed by atoms with Gasteiger partial charge >= 0.3 is 0 Å². The molecule has 30 heavy (non-hydrogen) atoms. The first-order chi connectivity index (χ1) is 14.4. The Morgan fingerprint density at radius 2 is 1.67 bits per heavy atom. The highest BCUT2D eigenvalue weighted by molar-refractivity contribution is 7.98. The molecule has 0 saturated carbocycles. The summed E-state index contributed by atoms with van der Waals surface area (Å²) in [4.78, 5) is 26.8. The van der Waals surface area contributed by atoms with Crippen molar-refractivity contribution in [1.29, 1.82) is 0 Å². The van der Waals surface area contributed by atoms with Gasteiger partial charge in [-0.15, -0.1) is 11.8 Å². The van der Waals surface area contributed by atoms with E-state index in [1.807, 2.05) is 72.8 Å². The third-order valence-corrected chi connectivity index (χ3v) is 5.91. The summed E-state index contributed by atoms with van der Waals surface area (Å²) >= 11 is 7.63. The molecule has 3 aromatic rings. The molecule has 6 heteroatoms. The molecule has 2 amide bonds. The number of anilines is 1. The molecule has 3 rings (SSSR count). The smallest absolute Gasteiger partial charge is 0.255 e. The minimum Gasteiger partial charge on any atom is -0.342 e. The number of halogens is 1. The number of carbonyl (C=O) groups excluding carboxylic acids is 2. The van der Waals surface area contributed by atoms with Gasteiger partial charge in [0.1, 0.15) is 0 Å². The first kappa shape index (κ1) is 21.9. The SMILES string of the molecule is CC(=O)N(C)Cc1cccc(NC(=O)c2ccc(CSc3ccc(Cl)cc3)cc2)c1. The minimum atomic E-state index is -0.163. The summed E-state index contributed by atoms with van der Waals surface area (Å²) in [6.07, 6.45) is 0. The molecule has 0 heterocycles. The van der Waals surface area contributed by atoms with Crippen molar-refractivity contribution >= 4 is 40.9 Å². The van der Waals surface area contributed by atoms with E-state index in [1.54, 1.807) is 23.7 Å². The number of thioether (sulfide) groups is 1. The zero-order chi connectivity index (χ0) is 21.5. The Bertz CT molecular complexity index is 1020. The number of hydrogen-bond acceptors (Lipinski definition) is 3. The van der Waals surface area contributed by atoms with Gasteiger partial charge < -0.3 is 10.2 Å². The number of amides is 2. The fraction of sp³-hybridized carbons (Fsp3) is 0.167. The summed E-state index contributed by atoms with van der Waals surface area (Å²) in [5.74, 6) is 0.651. The molecule has 0 aliphatic heterocycles. The van der Waals surface area contributed by atoms with Crippen LogP contribution in [0.25, 0.3) is 0 Å². The third kappa shape index (κ3) is 6.37. The molecular weight excluding hydrogens is 416 g/mol. The van der Waals surface area contributed by atoms with Crippen LogP contribution in [-0.2, 0) is 17.1 Å². The molecule has 0 unspecified atom stereocenters. The maximum atomic E-state index is 12.6. The van der Waals surface area contributed by atoms with E-state index in [0.29, 0.717) is 17.8 Å². The lowest BCUT2D eigenvalue weighted by Crippen LogP contribution is -2.23. The summed E-state index contributed by atoms with van der Waals surface area (Å²) < 4.78 is 0. The number of hydrogen-bond donors (Lipinski definition) is 1. The van der Waals surface area contributed by atoms with E-state index in [-0.39, 0.29) is 11.8 Å². The summed E-state index contributed by atoms with van der Waals surface area (Å²) in [7, 11) is 1.75. The van der Waals surface area contributed by atoms with E-state index in [2.05, 4.69) is 5.32 Å². The quantitative estimate of drug-likeness (QED) is 0.470. The van der Waals surface area contributed by atoms with Gasteiger partial charge in [-0.05, 0) is 59.7 Å². The van der Waals surface area contributed by atoms with Crippen molar-refractivity contribution in [3.05, 3.63) is 94.5 Å². The first-order valence-electron chi connectivity index (χ1n) is 9.50. The highest BCUT2D eigenvalue weighted by Crippen LogP contribution is 2.24. The average molecular weight is 439 g/mol. The first-order valence-corrected chi connectivity index (χ1v) is 10.9. The fourth-order valence-electron chi connectivity index (χ4n) is 2.79. The summed E-state index contributed by atoms with van der Waals surface area (Å²) in [6, 6.07) is 22.9. The molecular formula is C24H23ClN2O2S. The Morgan fingerprint density at radius 1 is 0.967 bits per heavy atom. The Hall–Kier alpha value is -2.76. The van der Waals surface area contributed by atoms with Crippen LogP contribution in [0.15, 0.2) is 77.7 Å². The predicted octanol–water partition coefficient (Wildman–Crippen LogP) is 5.86. The second-order valence-corrected chi connectivity index (χ2v) is 8.45. The standard InChI is InChI=1S/C24H23ClN2O2S/c1-17(28)27(2)15-19-4-3-5-22(14-19)26-24(29)20-8-6-18(7-9-20)16-30-23-12-10-21(25)11-13-23/h3-14H,15-16H2,1-2H3,(H,26,29). The number of benzene rings is 3. The molecule has 0 radical (unpaired) electrons. The predicted molar refractivity (Wildman–Crippen MR) is 124 cm³/mol. The molecule has 4 nitrogen and oxygen atoms in total. The second-order valence-electron chi connectivity index (χ2n) is 6.97. The Labute approximate surface area is 186 Å². The van der Waals surface area contributed by atoms with Gasteiger partial charge in [-0.25, -0.2) is 0 Å². The maximum Gasteiger partial charge on any atom is 0.255 e. The molecule has 0 aliphatic carbocycles. The van der Waals surface area contributed by atoms with Crippen molar-refractivity contribution in [2.45, 2.75) is 24.1 Å². The van der Waals surface area contributed by atoms with E-state index >= 15 is 0 Å². The van der Waals surface area contributed by atoms with E-state index in [0.717, 1.165) is 26.8 Å². The molecule has 1 N–H and O–H groups in total. The number of carbonyl (C=O) groups is 2. The van der Waals surface area contributed by atoms with Crippen molar-refractivity contribution in [1.82, 2.24) is 4.90 Å². The van der Waals surface area contributed by atoms with Crippen LogP contribution in [0, 0.1) is 0 Å². The van der Waals surface area contributed by atoms with Crippen molar-refractivity contribution in [2.24, 2.45) is 0 Å². The third-order valence-electron chi connectivity index (χ3n) is 4.58. The zero-order valence-corrected chi connectivity index (χ0v) is 18.5.